The Balaban J connectivity index is 2.28. The van der Waals surface area contributed by atoms with Crippen LogP contribution in [0, 0.1) is 16.3 Å². The Morgan fingerprint density at radius 2 is 2.05 bits per heavy atom. The average molecular weight is 434 g/mol. The summed E-state index contributed by atoms with van der Waals surface area (Å²) in [6, 6.07) is 9.74. The van der Waals surface area contributed by atoms with Gasteiger partial charge in [0.05, 0.1) is 11.3 Å². The fourth-order valence-electron chi connectivity index (χ4n) is 1.60. The van der Waals surface area contributed by atoms with Gasteiger partial charge in [0.2, 0.25) is 0 Å². The standard InChI is InChI=1S/C14H10BrFINO/c1-8-3-2-4-10(13(8)15)14(19)18-12-6-5-9(16)7-11(12)17/h2-7H,1H3,(H,18,19). The van der Waals surface area contributed by atoms with E-state index in [0.717, 1.165) is 10.0 Å². The SMILES string of the molecule is Cc1cccc(C(=O)Nc2ccc(F)cc2I)c1Br. The molecule has 0 saturated heterocycles. The fourth-order valence-corrected chi connectivity index (χ4v) is 2.66. The zero-order valence-electron chi connectivity index (χ0n) is 10.0. The Labute approximate surface area is 132 Å². The second kappa shape index (κ2) is 6.00. The molecule has 0 fully saturated rings. The normalized spacial score (nSPS) is 10.3. The van der Waals surface area contributed by atoms with Gasteiger partial charge in [-0.25, -0.2) is 4.39 Å². The summed E-state index contributed by atoms with van der Waals surface area (Å²) >= 11 is 5.39. The van der Waals surface area contributed by atoms with Crippen LogP contribution in [0.1, 0.15) is 15.9 Å². The second-order valence-electron chi connectivity index (χ2n) is 4.01. The van der Waals surface area contributed by atoms with Crippen molar-refractivity contribution < 1.29 is 9.18 Å². The Morgan fingerprint density at radius 3 is 2.74 bits per heavy atom. The minimum atomic E-state index is -0.320. The molecule has 0 spiro atoms. The molecule has 2 nitrogen and oxygen atoms in total. The van der Waals surface area contributed by atoms with Gasteiger partial charge in [0.25, 0.3) is 5.91 Å². The van der Waals surface area contributed by atoms with Crippen LogP contribution in [0.2, 0.25) is 0 Å². The third-order valence-electron chi connectivity index (χ3n) is 2.62. The molecule has 1 N–H and O–H groups in total. The maximum atomic E-state index is 13.0. The molecule has 0 aliphatic heterocycles. The molecule has 5 heteroatoms. The monoisotopic (exact) mass is 433 g/mol. The number of carbonyl (C=O) groups is 1. The lowest BCUT2D eigenvalue weighted by Gasteiger charge is -2.10. The van der Waals surface area contributed by atoms with Gasteiger partial charge in [0, 0.05) is 8.04 Å². The van der Waals surface area contributed by atoms with E-state index in [-0.39, 0.29) is 11.7 Å². The second-order valence-corrected chi connectivity index (χ2v) is 5.97. The highest BCUT2D eigenvalue weighted by molar-refractivity contribution is 14.1. The summed E-state index contributed by atoms with van der Waals surface area (Å²) in [5, 5.41) is 2.78. The topological polar surface area (TPSA) is 29.1 Å². The van der Waals surface area contributed by atoms with Crippen LogP contribution in [0.15, 0.2) is 40.9 Å². The van der Waals surface area contributed by atoms with Gasteiger partial charge >= 0.3 is 0 Å². The van der Waals surface area contributed by atoms with Crippen LogP contribution in [0.4, 0.5) is 10.1 Å². The molecule has 0 saturated carbocycles. The lowest BCUT2D eigenvalue weighted by molar-refractivity contribution is 0.102. The first-order chi connectivity index (χ1) is 8.99. The summed E-state index contributed by atoms with van der Waals surface area (Å²) in [7, 11) is 0. The summed E-state index contributed by atoms with van der Waals surface area (Å²) in [6.07, 6.45) is 0. The molecule has 2 rings (SSSR count). The van der Waals surface area contributed by atoms with E-state index in [1.807, 2.05) is 41.6 Å². The lowest BCUT2D eigenvalue weighted by Crippen LogP contribution is -2.13. The van der Waals surface area contributed by atoms with E-state index < -0.39 is 0 Å². The van der Waals surface area contributed by atoms with Gasteiger partial charge in [0.1, 0.15) is 5.82 Å². The van der Waals surface area contributed by atoms with Crippen molar-refractivity contribution in [1.29, 1.82) is 0 Å². The van der Waals surface area contributed by atoms with Gasteiger partial charge in [-0.1, -0.05) is 12.1 Å². The molecule has 0 heterocycles. The number of anilines is 1. The molecule has 0 radical (unpaired) electrons. The number of amides is 1. The van der Waals surface area contributed by atoms with Crippen LogP contribution in [0.5, 0.6) is 0 Å². The maximum absolute atomic E-state index is 13.0. The zero-order chi connectivity index (χ0) is 14.0. The molecule has 19 heavy (non-hydrogen) atoms. The quantitative estimate of drug-likeness (QED) is 0.680. The number of aryl methyl sites for hydroxylation is 1. The fraction of sp³-hybridized carbons (Fsp3) is 0.0714. The highest BCUT2D eigenvalue weighted by Crippen LogP contribution is 2.24. The Morgan fingerprint density at radius 1 is 1.32 bits per heavy atom. The summed E-state index contributed by atoms with van der Waals surface area (Å²) in [5.41, 5.74) is 2.14. The minimum absolute atomic E-state index is 0.222. The van der Waals surface area contributed by atoms with Crippen molar-refractivity contribution >= 4 is 50.1 Å². The molecular weight excluding hydrogens is 424 g/mol. The number of halogens is 3. The third kappa shape index (κ3) is 3.33. The van der Waals surface area contributed by atoms with Crippen LogP contribution in [-0.2, 0) is 0 Å². The molecule has 98 valence electrons. The summed E-state index contributed by atoms with van der Waals surface area (Å²) < 4.78 is 14.4. The molecule has 0 atom stereocenters. The van der Waals surface area contributed by atoms with E-state index in [4.69, 9.17) is 0 Å². The van der Waals surface area contributed by atoms with E-state index in [9.17, 15) is 9.18 Å². The first kappa shape index (κ1) is 14.5. The van der Waals surface area contributed by atoms with E-state index in [1.165, 1.54) is 12.1 Å². The Kier molecular flexibility index (Phi) is 4.57. The molecule has 0 aromatic heterocycles. The van der Waals surface area contributed by atoms with E-state index in [2.05, 4.69) is 21.2 Å². The van der Waals surface area contributed by atoms with Crippen LogP contribution in [0.25, 0.3) is 0 Å². The van der Waals surface area contributed by atoms with Gasteiger partial charge in [-0.15, -0.1) is 0 Å². The molecule has 2 aromatic rings. The van der Waals surface area contributed by atoms with Crippen molar-refractivity contribution in [2.75, 3.05) is 5.32 Å². The van der Waals surface area contributed by atoms with Gasteiger partial charge in [-0.05, 0) is 75.3 Å². The molecule has 0 unspecified atom stereocenters. The molecule has 2 aromatic carbocycles. The number of rotatable bonds is 2. The predicted molar refractivity (Wildman–Crippen MR) is 85.9 cm³/mol. The number of benzene rings is 2. The van der Waals surface area contributed by atoms with Gasteiger partial charge < -0.3 is 5.32 Å². The summed E-state index contributed by atoms with van der Waals surface area (Å²) in [5.74, 6) is -0.542. The largest absolute Gasteiger partial charge is 0.321 e. The van der Waals surface area contributed by atoms with E-state index in [1.54, 1.807) is 12.1 Å². The van der Waals surface area contributed by atoms with Crippen molar-refractivity contribution in [3.63, 3.8) is 0 Å². The first-order valence-electron chi connectivity index (χ1n) is 5.50. The molecule has 0 aliphatic rings. The number of carbonyl (C=O) groups excluding carboxylic acids is 1. The summed E-state index contributed by atoms with van der Waals surface area (Å²) in [4.78, 5) is 12.2. The van der Waals surface area contributed by atoms with Gasteiger partial charge in [0.15, 0.2) is 0 Å². The average Bonchev–Trinajstić information content (AvgIpc) is 2.36. The Hall–Kier alpha value is -0.950. The minimum Gasteiger partial charge on any atom is -0.321 e. The number of hydrogen-bond donors (Lipinski definition) is 1. The number of hydrogen-bond acceptors (Lipinski definition) is 1. The van der Waals surface area contributed by atoms with E-state index >= 15 is 0 Å². The molecule has 0 aliphatic carbocycles. The van der Waals surface area contributed by atoms with E-state index in [0.29, 0.717) is 14.8 Å². The van der Waals surface area contributed by atoms with Crippen LogP contribution >= 0.6 is 38.5 Å². The lowest BCUT2D eigenvalue weighted by atomic mass is 10.1. The van der Waals surface area contributed by atoms with Gasteiger partial charge in [-0.3, -0.25) is 4.79 Å². The number of nitrogens with one attached hydrogen (secondary N) is 1. The summed E-state index contributed by atoms with van der Waals surface area (Å²) in [6.45, 7) is 1.92. The molecule has 1 amide bonds. The molecular formula is C14H10BrFINO. The van der Waals surface area contributed by atoms with Crippen molar-refractivity contribution in [2.24, 2.45) is 0 Å². The predicted octanol–water partition coefficient (Wildman–Crippen LogP) is 4.75. The van der Waals surface area contributed by atoms with Crippen molar-refractivity contribution in [3.8, 4) is 0 Å². The highest BCUT2D eigenvalue weighted by atomic mass is 127. The highest BCUT2D eigenvalue weighted by Gasteiger charge is 2.12. The maximum Gasteiger partial charge on any atom is 0.256 e. The van der Waals surface area contributed by atoms with Crippen molar-refractivity contribution in [3.05, 3.63) is 61.4 Å². The zero-order valence-corrected chi connectivity index (χ0v) is 13.7. The Bertz CT molecular complexity index is 645. The van der Waals surface area contributed by atoms with Gasteiger partial charge in [-0.2, -0.15) is 0 Å². The van der Waals surface area contributed by atoms with Crippen molar-refractivity contribution in [2.45, 2.75) is 6.92 Å². The van der Waals surface area contributed by atoms with Crippen molar-refractivity contribution in [1.82, 2.24) is 0 Å². The third-order valence-corrected chi connectivity index (χ3v) is 4.56. The first-order valence-corrected chi connectivity index (χ1v) is 7.37. The smallest absolute Gasteiger partial charge is 0.256 e. The molecule has 0 bridgehead atoms. The van der Waals surface area contributed by atoms with Crippen LogP contribution < -0.4 is 5.32 Å². The van der Waals surface area contributed by atoms with Crippen LogP contribution in [0.3, 0.4) is 0 Å². The van der Waals surface area contributed by atoms with Crippen LogP contribution in [-0.4, -0.2) is 5.91 Å².